The van der Waals surface area contributed by atoms with Crippen LogP contribution in [0.15, 0.2) is 0 Å². The van der Waals surface area contributed by atoms with Crippen LogP contribution < -0.4 is 0 Å². The minimum absolute atomic E-state index is 0. The van der Waals surface area contributed by atoms with E-state index < -0.39 is 10.4 Å². The summed E-state index contributed by atoms with van der Waals surface area (Å²) in [6.07, 6.45) is 0. The second-order valence-electron chi connectivity index (χ2n) is 0.448. The van der Waals surface area contributed by atoms with Crippen molar-refractivity contribution >= 4 is 59.3 Å². The molecule has 0 aromatic carbocycles. The number of hydrogen-bond acceptors (Lipinski definition) is 2. The molecule has 0 amide bonds. The van der Waals surface area contributed by atoms with Crippen molar-refractivity contribution in [2.75, 3.05) is 0 Å². The Labute approximate surface area is 114 Å². The fourth-order valence-corrected chi connectivity index (χ4v) is 0. The zero-order valence-corrected chi connectivity index (χ0v) is 5.96. The van der Waals surface area contributed by atoms with Gasteiger partial charge in [0, 0.05) is 40.4 Å². The first-order chi connectivity index (χ1) is 2.00. The molecule has 0 saturated carbocycles. The van der Waals surface area contributed by atoms with Crippen LogP contribution in [-0.4, -0.2) is 66.4 Å². The molecule has 0 aliphatic heterocycles. The molecule has 0 atom stereocenters. The van der Waals surface area contributed by atoms with Crippen LogP contribution in [0, 0.1) is 40.4 Å². The molecule has 0 heterocycles. The van der Waals surface area contributed by atoms with Gasteiger partial charge in [0.15, 0.2) is 0 Å². The second-order valence-corrected chi connectivity index (χ2v) is 1.34. The smallest absolute Gasteiger partial charge is 0 e. The predicted octanol–water partition coefficient (Wildman–Crippen LogP) is -1.57. The molecule has 0 rings (SSSR count). The third-order valence-electron chi connectivity index (χ3n) is 0. The van der Waals surface area contributed by atoms with Gasteiger partial charge in [-0.1, -0.05) is 0 Å². The van der Waals surface area contributed by atoms with Crippen molar-refractivity contribution < 1.29 is 57.9 Å². The van der Waals surface area contributed by atoms with E-state index in [0.717, 1.165) is 0 Å². The fraction of sp³-hybridized carbons (Fsp3) is 0. The zero-order valence-electron chi connectivity index (χ0n) is 2.53. The Balaban J connectivity index is -0.0000000800. The Morgan fingerprint density at radius 2 is 1.14 bits per heavy atom. The van der Waals surface area contributed by atoms with E-state index in [1.165, 1.54) is 0 Å². The quantitative estimate of drug-likeness (QED) is 0.389. The molecular weight excluding hydrogens is 384 g/mol. The molecule has 0 unspecified atom stereocenters. The van der Waals surface area contributed by atoms with Crippen LogP contribution >= 0.6 is 0 Å². The Hall–Kier alpha value is 2.78. The van der Waals surface area contributed by atoms with E-state index in [4.69, 9.17) is 17.5 Å². The maximum absolute atomic E-state index is 8.74. The molecule has 0 saturated heterocycles. The van der Waals surface area contributed by atoms with Gasteiger partial charge in [0.1, 0.15) is 0 Å². The van der Waals surface area contributed by atoms with Crippen LogP contribution in [0.25, 0.3) is 0 Å². The minimum Gasteiger partial charge on any atom is 0 e. The molecule has 0 radical (unpaired) electrons. The van der Waals surface area contributed by atoms with E-state index >= 15 is 0 Å². The topological polar surface area (TPSA) is 74.6 Å². The van der Waals surface area contributed by atoms with Crippen LogP contribution in [0.5, 0.6) is 0 Å². The Morgan fingerprint density at radius 1 is 1.14 bits per heavy atom. The number of hydrogen-bond donors (Lipinski definition) is 2. The van der Waals surface area contributed by atoms with Gasteiger partial charge in [0.2, 0.25) is 0 Å². The SMILES string of the molecule is O=S(=O)(O)O.[BaH2].[Sm]. The normalized spacial score (nSPS) is 8.29. The first-order valence-electron chi connectivity index (χ1n) is 0.698. The molecule has 0 spiro atoms. The molecule has 0 aliphatic rings. The third kappa shape index (κ3) is 52.2. The molecule has 7 heteroatoms. The molecule has 0 fully saturated rings. The van der Waals surface area contributed by atoms with E-state index in [-0.39, 0.29) is 89.3 Å². The molecule has 0 aromatic rings. The summed E-state index contributed by atoms with van der Waals surface area (Å²) in [6.45, 7) is 0. The standard InChI is InChI=1S/Ba.H2O4S.Sm.2H/c;1-5(2,3)4;;;/h;(H2,1,2,3,4);;;. The largest absolute Gasteiger partial charge is 0 e. The van der Waals surface area contributed by atoms with Crippen molar-refractivity contribution in [1.29, 1.82) is 0 Å². The van der Waals surface area contributed by atoms with Crippen LogP contribution in [0.4, 0.5) is 0 Å². The van der Waals surface area contributed by atoms with Gasteiger partial charge in [-0.2, -0.15) is 8.42 Å². The molecule has 0 bridgehead atoms. The van der Waals surface area contributed by atoms with Crippen LogP contribution in [0.2, 0.25) is 0 Å². The van der Waals surface area contributed by atoms with Crippen LogP contribution in [-0.2, 0) is 10.4 Å². The zero-order chi connectivity index (χ0) is 4.50. The van der Waals surface area contributed by atoms with Crippen LogP contribution in [0.3, 0.4) is 0 Å². The summed E-state index contributed by atoms with van der Waals surface area (Å²) in [4.78, 5) is 0. The summed E-state index contributed by atoms with van der Waals surface area (Å²) in [7, 11) is -4.67. The molecule has 7 heavy (non-hydrogen) atoms. The van der Waals surface area contributed by atoms with Crippen molar-refractivity contribution in [1.82, 2.24) is 0 Å². The van der Waals surface area contributed by atoms with Gasteiger partial charge in [-0.05, 0) is 0 Å². The van der Waals surface area contributed by atoms with E-state index in [0.29, 0.717) is 0 Å². The van der Waals surface area contributed by atoms with Crippen molar-refractivity contribution in [2.45, 2.75) is 0 Å². The molecule has 4 nitrogen and oxygen atoms in total. The van der Waals surface area contributed by atoms with Crippen molar-refractivity contribution in [2.24, 2.45) is 0 Å². The molecule has 0 aromatic heterocycles. The fourth-order valence-electron chi connectivity index (χ4n) is 0. The van der Waals surface area contributed by atoms with Crippen molar-refractivity contribution in [3.05, 3.63) is 0 Å². The van der Waals surface area contributed by atoms with E-state index in [9.17, 15) is 0 Å². The molecule has 2 N–H and O–H groups in total. The summed E-state index contributed by atoms with van der Waals surface area (Å²) in [5.74, 6) is 0. The van der Waals surface area contributed by atoms with Crippen molar-refractivity contribution in [3.63, 3.8) is 0 Å². The first-order valence-corrected chi connectivity index (χ1v) is 2.10. The maximum atomic E-state index is 8.74. The second kappa shape index (κ2) is 6.89. The Kier molecular flexibility index (Phi) is 16.1. The van der Waals surface area contributed by atoms with Gasteiger partial charge in [-0.3, -0.25) is 9.11 Å². The maximum Gasteiger partial charge on any atom is 0 e. The molecule has 42 valence electrons. The summed E-state index contributed by atoms with van der Waals surface area (Å²) in [5.41, 5.74) is 0. The summed E-state index contributed by atoms with van der Waals surface area (Å²) in [5, 5.41) is 0. The van der Waals surface area contributed by atoms with Gasteiger partial charge in [-0.25, -0.2) is 0 Å². The van der Waals surface area contributed by atoms with E-state index in [2.05, 4.69) is 0 Å². The number of rotatable bonds is 0. The summed E-state index contributed by atoms with van der Waals surface area (Å²) >= 11 is 0. The first kappa shape index (κ1) is 16.4. The average Bonchev–Trinajstić information content (AvgIpc) is 0.722. The minimum atomic E-state index is -4.67. The van der Waals surface area contributed by atoms with Gasteiger partial charge < -0.3 is 0 Å². The van der Waals surface area contributed by atoms with E-state index in [1.54, 1.807) is 0 Å². The Bertz CT molecular complexity index is 94.9. The summed E-state index contributed by atoms with van der Waals surface area (Å²) in [6, 6.07) is 0. The van der Waals surface area contributed by atoms with Gasteiger partial charge >= 0.3 is 59.3 Å². The van der Waals surface area contributed by atoms with Gasteiger partial charge in [0.25, 0.3) is 0 Å². The molecule has 0 aliphatic carbocycles. The molecular formula is H4BaO4SSm. The van der Waals surface area contributed by atoms with Crippen LogP contribution in [0.1, 0.15) is 0 Å². The van der Waals surface area contributed by atoms with E-state index in [1.807, 2.05) is 0 Å². The van der Waals surface area contributed by atoms with Crippen molar-refractivity contribution in [3.8, 4) is 0 Å². The third-order valence-corrected chi connectivity index (χ3v) is 0. The average molecular weight is 388 g/mol. The van der Waals surface area contributed by atoms with Gasteiger partial charge in [-0.15, -0.1) is 0 Å². The van der Waals surface area contributed by atoms with Gasteiger partial charge in [0.05, 0.1) is 0 Å². The monoisotopic (exact) mass is 390 g/mol. The predicted molar refractivity (Wildman–Crippen MR) is 22.7 cm³/mol. The Morgan fingerprint density at radius 3 is 1.14 bits per heavy atom. The summed E-state index contributed by atoms with van der Waals surface area (Å²) < 4.78 is 31.6.